The Morgan fingerprint density at radius 1 is 1.25 bits per heavy atom. The van der Waals surface area contributed by atoms with E-state index in [2.05, 4.69) is 4.98 Å². The molecule has 0 N–H and O–H groups in total. The first kappa shape index (κ1) is 14.2. The number of hydrogen-bond donors (Lipinski definition) is 0. The van der Waals surface area contributed by atoms with Crippen LogP contribution < -0.4 is 56.8 Å². The summed E-state index contributed by atoms with van der Waals surface area (Å²) in [6.07, 6.45) is 0. The number of rotatable bonds is 1. The van der Waals surface area contributed by atoms with Crippen molar-refractivity contribution in [3.8, 4) is 0 Å². The fourth-order valence-electron chi connectivity index (χ4n) is 1.31. The van der Waals surface area contributed by atoms with Crippen LogP contribution in [-0.2, 0) is 0 Å². The molecule has 2 rings (SSSR count). The maximum absolute atomic E-state index is 13.2. The predicted molar refractivity (Wildman–Crippen MR) is 47.4 cm³/mol. The number of oxazole rings is 1. The summed E-state index contributed by atoms with van der Waals surface area (Å²) >= 11 is 0. The summed E-state index contributed by atoms with van der Waals surface area (Å²) < 4.78 is 55.0. The van der Waals surface area contributed by atoms with Crippen LogP contribution >= 0.6 is 0 Å². The van der Waals surface area contributed by atoms with Crippen LogP contribution in [0.15, 0.2) is 16.5 Å². The van der Waals surface area contributed by atoms with Gasteiger partial charge < -0.3 is 17.4 Å². The van der Waals surface area contributed by atoms with E-state index in [1.165, 1.54) is 6.92 Å². The number of aromatic nitrogens is 1. The Morgan fingerprint density at radius 3 is 2.44 bits per heavy atom. The smallest absolute Gasteiger partial charge is 0.445 e. The van der Waals surface area contributed by atoms with Crippen molar-refractivity contribution in [1.29, 1.82) is 0 Å². The Kier molecular flexibility index (Phi) is 4.23. The van der Waals surface area contributed by atoms with Crippen molar-refractivity contribution in [3.05, 3.63) is 23.8 Å². The Hall–Kier alpha value is 0.111. The second kappa shape index (κ2) is 4.77. The van der Waals surface area contributed by atoms with Crippen molar-refractivity contribution in [3.63, 3.8) is 0 Å². The molecule has 1 aromatic heterocycles. The molecule has 1 aromatic carbocycles. The van der Waals surface area contributed by atoms with Crippen molar-refractivity contribution < 1.29 is 73.1 Å². The normalized spacial score (nSPS) is 11.6. The third-order valence-corrected chi connectivity index (χ3v) is 1.96. The maximum atomic E-state index is 13.2. The van der Waals surface area contributed by atoms with Gasteiger partial charge in [-0.1, -0.05) is 6.07 Å². The molecule has 2 aromatic rings. The van der Waals surface area contributed by atoms with Gasteiger partial charge in [0.15, 0.2) is 11.5 Å². The molecule has 0 bridgehead atoms. The van der Waals surface area contributed by atoms with Crippen molar-refractivity contribution in [2.75, 3.05) is 0 Å². The molecule has 0 saturated carbocycles. The van der Waals surface area contributed by atoms with Crippen molar-refractivity contribution in [2.24, 2.45) is 0 Å². The van der Waals surface area contributed by atoms with Gasteiger partial charge in [-0.3, -0.25) is 0 Å². The molecule has 0 aliphatic carbocycles. The molecule has 0 amide bonds. The van der Waals surface area contributed by atoms with E-state index in [1.54, 1.807) is 0 Å². The molecule has 0 radical (unpaired) electrons. The van der Waals surface area contributed by atoms with E-state index in [9.17, 15) is 17.3 Å². The SMILES string of the molecule is Cc1nc2c(F)cc([B-](F)(F)F)cc2o1.[K+]. The topological polar surface area (TPSA) is 26.0 Å². The van der Waals surface area contributed by atoms with Crippen LogP contribution in [0.25, 0.3) is 11.1 Å². The molecular weight excluding hydrogens is 252 g/mol. The summed E-state index contributed by atoms with van der Waals surface area (Å²) in [6.45, 7) is -3.78. The number of hydrogen-bond acceptors (Lipinski definition) is 2. The summed E-state index contributed by atoms with van der Waals surface area (Å²) in [5.41, 5.74) is -1.37. The molecular formula is C8H5BF4KNO. The van der Waals surface area contributed by atoms with Crippen LogP contribution in [0.2, 0.25) is 0 Å². The first-order valence-electron chi connectivity index (χ1n) is 4.14. The largest absolute Gasteiger partial charge is 1.00 e. The van der Waals surface area contributed by atoms with Crippen LogP contribution in [0, 0.1) is 12.7 Å². The molecule has 16 heavy (non-hydrogen) atoms. The van der Waals surface area contributed by atoms with E-state index in [4.69, 9.17) is 4.42 Å². The van der Waals surface area contributed by atoms with Crippen LogP contribution in [0.4, 0.5) is 17.3 Å². The average molecular weight is 257 g/mol. The number of nitrogens with zero attached hydrogens (tertiary/aromatic N) is 1. The number of fused-ring (bicyclic) bond motifs is 1. The standard InChI is InChI=1S/C8H5BF4NO.K/c1-4-14-8-6(10)2-5(9(11,12)13)3-7(8)15-4;/h2-3H,1H3;/q-1;+1. The Labute approximate surface area is 131 Å². The quantitative estimate of drug-likeness (QED) is 0.500. The number of benzene rings is 1. The minimum atomic E-state index is -5.22. The zero-order valence-corrected chi connectivity index (χ0v) is 11.7. The van der Waals surface area contributed by atoms with Gasteiger partial charge in [-0.25, -0.2) is 9.37 Å². The monoisotopic (exact) mass is 257 g/mol. The third-order valence-electron chi connectivity index (χ3n) is 1.96. The van der Waals surface area contributed by atoms with Crippen molar-refractivity contribution in [1.82, 2.24) is 4.98 Å². The van der Waals surface area contributed by atoms with Crippen LogP contribution in [0.5, 0.6) is 0 Å². The minimum absolute atomic E-state index is 0. The van der Waals surface area contributed by atoms with E-state index in [-0.39, 0.29) is 68.4 Å². The van der Waals surface area contributed by atoms with Crippen LogP contribution in [-0.4, -0.2) is 12.0 Å². The molecule has 0 unspecified atom stereocenters. The average Bonchev–Trinajstić information content (AvgIpc) is 2.44. The van der Waals surface area contributed by atoms with Gasteiger partial charge in [-0.15, -0.1) is 5.46 Å². The molecule has 0 saturated heterocycles. The van der Waals surface area contributed by atoms with E-state index < -0.39 is 18.3 Å². The predicted octanol–water partition coefficient (Wildman–Crippen LogP) is -0.666. The van der Waals surface area contributed by atoms with E-state index in [1.807, 2.05) is 0 Å². The zero-order chi connectivity index (χ0) is 11.2. The summed E-state index contributed by atoms with van der Waals surface area (Å²) in [5, 5.41) is 0. The summed E-state index contributed by atoms with van der Waals surface area (Å²) in [7, 11) is 0. The molecule has 0 spiro atoms. The number of halogens is 4. The van der Waals surface area contributed by atoms with Crippen LogP contribution in [0.1, 0.15) is 5.89 Å². The third kappa shape index (κ3) is 2.68. The molecule has 0 aliphatic rings. The van der Waals surface area contributed by atoms with Crippen molar-refractivity contribution >= 4 is 23.5 Å². The second-order valence-corrected chi connectivity index (χ2v) is 3.16. The Bertz CT molecular complexity index is 524. The molecule has 8 heteroatoms. The Morgan fingerprint density at radius 2 is 1.88 bits per heavy atom. The van der Waals surface area contributed by atoms with Gasteiger partial charge in [0.05, 0.1) is 0 Å². The fourth-order valence-corrected chi connectivity index (χ4v) is 1.31. The molecule has 0 atom stereocenters. The molecule has 0 aliphatic heterocycles. The molecule has 2 nitrogen and oxygen atoms in total. The van der Waals surface area contributed by atoms with Gasteiger partial charge in [0, 0.05) is 6.92 Å². The zero-order valence-electron chi connectivity index (χ0n) is 8.60. The van der Waals surface area contributed by atoms with Gasteiger partial charge in [0.2, 0.25) is 0 Å². The maximum Gasteiger partial charge on any atom is 1.00 e. The molecule has 0 fully saturated rings. The van der Waals surface area contributed by atoms with Gasteiger partial charge in [-0.2, -0.15) is 0 Å². The fraction of sp³-hybridized carbons (Fsp3) is 0.125. The van der Waals surface area contributed by atoms with E-state index in [0.717, 1.165) is 6.07 Å². The van der Waals surface area contributed by atoms with Crippen LogP contribution in [0.3, 0.4) is 0 Å². The summed E-state index contributed by atoms with van der Waals surface area (Å²) in [6, 6.07) is 1.20. The van der Waals surface area contributed by atoms with E-state index >= 15 is 0 Å². The summed E-state index contributed by atoms with van der Waals surface area (Å²) in [5.74, 6) is -0.880. The van der Waals surface area contributed by atoms with Gasteiger partial charge >= 0.3 is 58.4 Å². The number of aryl methyl sites for hydroxylation is 1. The minimum Gasteiger partial charge on any atom is -0.445 e. The second-order valence-electron chi connectivity index (χ2n) is 3.16. The van der Waals surface area contributed by atoms with Gasteiger partial charge in [-0.05, 0) is 6.07 Å². The Balaban J connectivity index is 0.00000128. The molecule has 1 heterocycles. The van der Waals surface area contributed by atoms with Crippen molar-refractivity contribution in [2.45, 2.75) is 6.92 Å². The van der Waals surface area contributed by atoms with Gasteiger partial charge in [0.1, 0.15) is 11.3 Å². The van der Waals surface area contributed by atoms with Gasteiger partial charge in [0.25, 0.3) is 0 Å². The first-order chi connectivity index (χ1) is 6.88. The summed E-state index contributed by atoms with van der Waals surface area (Å²) in [4.78, 5) is 3.63. The first-order valence-corrected chi connectivity index (χ1v) is 4.14. The molecule has 80 valence electrons. The van der Waals surface area contributed by atoms with E-state index in [0.29, 0.717) is 6.07 Å².